The van der Waals surface area contributed by atoms with E-state index >= 15 is 0 Å². The third kappa shape index (κ3) is 3.68. The molecule has 0 bridgehead atoms. The van der Waals surface area contributed by atoms with Gasteiger partial charge in [0, 0.05) is 24.4 Å². The molecule has 0 unspecified atom stereocenters. The van der Waals surface area contributed by atoms with Crippen molar-refractivity contribution in [1.82, 2.24) is 0 Å². The van der Waals surface area contributed by atoms with Crippen LogP contribution in [0.1, 0.15) is 10.4 Å². The van der Waals surface area contributed by atoms with E-state index in [4.69, 9.17) is 0 Å². The van der Waals surface area contributed by atoms with Gasteiger partial charge in [-0.1, -0.05) is 6.07 Å². The highest BCUT2D eigenvalue weighted by Gasteiger charge is 2.14. The summed E-state index contributed by atoms with van der Waals surface area (Å²) in [5.41, 5.74) is 0.843. The largest absolute Gasteiger partial charge is 0.508 e. The Morgan fingerprint density at radius 1 is 1.19 bits per heavy atom. The van der Waals surface area contributed by atoms with Crippen LogP contribution in [-0.2, 0) is 0 Å². The molecule has 0 spiro atoms. The first-order chi connectivity index (χ1) is 9.97. The Bertz CT molecular complexity index is 629. The molecular weight excluding hydrogens is 280 g/mol. The van der Waals surface area contributed by atoms with Crippen LogP contribution in [0.25, 0.3) is 0 Å². The molecule has 1 amide bonds. The number of anilines is 1. The predicted molar refractivity (Wildman–Crippen MR) is 73.9 cm³/mol. The van der Waals surface area contributed by atoms with Gasteiger partial charge in [0.15, 0.2) is 0 Å². The van der Waals surface area contributed by atoms with Crippen molar-refractivity contribution in [2.75, 3.05) is 11.9 Å². The van der Waals surface area contributed by atoms with Crippen LogP contribution in [0.5, 0.6) is 11.5 Å². The highest BCUT2D eigenvalue weighted by Crippen LogP contribution is 2.21. The molecule has 1 N–H and O–H groups in total. The summed E-state index contributed by atoms with van der Waals surface area (Å²) in [6.07, 6.45) is 0. The van der Waals surface area contributed by atoms with E-state index in [1.807, 2.05) is 0 Å². The topological polar surface area (TPSA) is 49.8 Å². The van der Waals surface area contributed by atoms with Crippen LogP contribution in [0.15, 0.2) is 48.5 Å². The van der Waals surface area contributed by atoms with Gasteiger partial charge in [-0.05, 0) is 36.4 Å². The summed E-state index contributed by atoms with van der Waals surface area (Å²) in [7, 11) is 1.56. The van der Waals surface area contributed by atoms with E-state index in [0.29, 0.717) is 11.3 Å². The van der Waals surface area contributed by atoms with E-state index in [9.17, 15) is 18.7 Å². The lowest BCUT2D eigenvalue weighted by molar-refractivity contribution is -0.0498. The number of rotatable bonds is 4. The molecule has 6 heteroatoms. The molecule has 0 radical (unpaired) electrons. The highest BCUT2D eigenvalue weighted by atomic mass is 19.3. The van der Waals surface area contributed by atoms with Crippen LogP contribution in [0.3, 0.4) is 0 Å². The summed E-state index contributed by atoms with van der Waals surface area (Å²) in [5.74, 6) is -0.293. The SMILES string of the molecule is CN(C(=O)c1ccc(OC(F)F)cc1)c1cccc(O)c1. The average Bonchev–Trinajstić information content (AvgIpc) is 2.46. The minimum atomic E-state index is -2.90. The number of nitrogens with zero attached hydrogens (tertiary/aromatic N) is 1. The summed E-state index contributed by atoms with van der Waals surface area (Å²) in [6.45, 7) is -2.90. The third-order valence-corrected chi connectivity index (χ3v) is 2.85. The number of carbonyl (C=O) groups is 1. The molecular formula is C15H13F2NO3. The molecule has 0 aliphatic heterocycles. The van der Waals surface area contributed by atoms with Gasteiger partial charge in [-0.15, -0.1) is 0 Å². The second-order valence-corrected chi connectivity index (χ2v) is 4.29. The Morgan fingerprint density at radius 2 is 1.86 bits per heavy atom. The van der Waals surface area contributed by atoms with E-state index in [-0.39, 0.29) is 17.4 Å². The molecule has 2 aromatic rings. The molecule has 21 heavy (non-hydrogen) atoms. The maximum absolute atomic E-state index is 12.2. The standard InChI is InChI=1S/C15H13F2NO3/c1-18(11-3-2-4-12(19)9-11)14(20)10-5-7-13(8-6-10)21-15(16)17/h2-9,15,19H,1H3. The first-order valence-corrected chi connectivity index (χ1v) is 6.09. The van der Waals surface area contributed by atoms with E-state index in [1.165, 1.54) is 41.3 Å². The number of hydrogen-bond acceptors (Lipinski definition) is 3. The van der Waals surface area contributed by atoms with Crippen LogP contribution < -0.4 is 9.64 Å². The molecule has 0 aliphatic rings. The Balaban J connectivity index is 2.16. The lowest BCUT2D eigenvalue weighted by Gasteiger charge is -2.17. The van der Waals surface area contributed by atoms with Crippen molar-refractivity contribution >= 4 is 11.6 Å². The first kappa shape index (κ1) is 14.8. The Hall–Kier alpha value is -2.63. The van der Waals surface area contributed by atoms with E-state index in [2.05, 4.69) is 4.74 Å². The van der Waals surface area contributed by atoms with Gasteiger partial charge < -0.3 is 14.7 Å². The molecule has 4 nitrogen and oxygen atoms in total. The van der Waals surface area contributed by atoms with Gasteiger partial charge in [0.05, 0.1) is 0 Å². The van der Waals surface area contributed by atoms with Gasteiger partial charge >= 0.3 is 6.61 Å². The molecule has 110 valence electrons. The Labute approximate surface area is 120 Å². The zero-order chi connectivity index (χ0) is 15.4. The molecule has 0 saturated carbocycles. The number of carbonyl (C=O) groups excluding carboxylic acids is 1. The number of alkyl halides is 2. The average molecular weight is 293 g/mol. The van der Waals surface area contributed by atoms with Crippen LogP contribution in [-0.4, -0.2) is 24.7 Å². The second kappa shape index (κ2) is 6.21. The van der Waals surface area contributed by atoms with Crippen molar-refractivity contribution in [2.45, 2.75) is 6.61 Å². The summed E-state index contributed by atoms with van der Waals surface area (Å²) in [6, 6.07) is 11.6. The third-order valence-electron chi connectivity index (χ3n) is 2.85. The van der Waals surface area contributed by atoms with E-state index in [1.54, 1.807) is 19.2 Å². The Morgan fingerprint density at radius 3 is 2.43 bits per heavy atom. The summed E-state index contributed by atoms with van der Waals surface area (Å²) in [5, 5.41) is 9.41. The molecule has 0 aromatic heterocycles. The van der Waals surface area contributed by atoms with Crippen molar-refractivity contribution in [1.29, 1.82) is 0 Å². The molecule has 2 aromatic carbocycles. The smallest absolute Gasteiger partial charge is 0.387 e. The number of halogens is 2. The monoisotopic (exact) mass is 293 g/mol. The Kier molecular flexibility index (Phi) is 4.37. The van der Waals surface area contributed by atoms with Crippen LogP contribution >= 0.6 is 0 Å². The fourth-order valence-electron chi connectivity index (χ4n) is 1.79. The summed E-state index contributed by atoms with van der Waals surface area (Å²) >= 11 is 0. The quantitative estimate of drug-likeness (QED) is 0.941. The zero-order valence-electron chi connectivity index (χ0n) is 11.2. The molecule has 0 atom stereocenters. The highest BCUT2D eigenvalue weighted by molar-refractivity contribution is 6.05. The number of phenols is 1. The summed E-state index contributed by atoms with van der Waals surface area (Å²) in [4.78, 5) is 13.6. The number of ether oxygens (including phenoxy) is 1. The van der Waals surface area contributed by atoms with Gasteiger partial charge in [-0.25, -0.2) is 0 Å². The number of amides is 1. The second-order valence-electron chi connectivity index (χ2n) is 4.29. The molecule has 0 aliphatic carbocycles. The molecule has 2 rings (SSSR count). The van der Waals surface area contributed by atoms with Crippen molar-refractivity contribution in [3.63, 3.8) is 0 Å². The van der Waals surface area contributed by atoms with Crippen molar-refractivity contribution in [2.24, 2.45) is 0 Å². The number of hydrogen-bond donors (Lipinski definition) is 1. The fourth-order valence-corrected chi connectivity index (χ4v) is 1.79. The number of benzene rings is 2. The predicted octanol–water partition coefficient (Wildman–Crippen LogP) is 3.27. The lowest BCUT2D eigenvalue weighted by Crippen LogP contribution is -2.26. The van der Waals surface area contributed by atoms with Gasteiger partial charge in [-0.2, -0.15) is 8.78 Å². The molecule has 0 heterocycles. The normalized spacial score (nSPS) is 10.5. The maximum atomic E-state index is 12.2. The first-order valence-electron chi connectivity index (χ1n) is 6.09. The van der Waals surface area contributed by atoms with Gasteiger partial charge in [-0.3, -0.25) is 4.79 Å². The minimum Gasteiger partial charge on any atom is -0.508 e. The zero-order valence-corrected chi connectivity index (χ0v) is 11.2. The van der Waals surface area contributed by atoms with Crippen LogP contribution in [0, 0.1) is 0 Å². The molecule has 0 saturated heterocycles. The van der Waals surface area contributed by atoms with E-state index in [0.717, 1.165) is 0 Å². The van der Waals surface area contributed by atoms with Crippen molar-refractivity contribution in [3.05, 3.63) is 54.1 Å². The lowest BCUT2D eigenvalue weighted by atomic mass is 10.2. The maximum Gasteiger partial charge on any atom is 0.387 e. The summed E-state index contributed by atoms with van der Waals surface area (Å²) < 4.78 is 28.3. The van der Waals surface area contributed by atoms with Gasteiger partial charge in [0.25, 0.3) is 5.91 Å². The van der Waals surface area contributed by atoms with Crippen LogP contribution in [0.2, 0.25) is 0 Å². The van der Waals surface area contributed by atoms with Gasteiger partial charge in [0.2, 0.25) is 0 Å². The van der Waals surface area contributed by atoms with Crippen LogP contribution in [0.4, 0.5) is 14.5 Å². The number of aromatic hydroxyl groups is 1. The molecule has 0 fully saturated rings. The number of phenolic OH excluding ortho intramolecular Hbond substituents is 1. The van der Waals surface area contributed by atoms with E-state index < -0.39 is 6.61 Å². The van der Waals surface area contributed by atoms with Crippen molar-refractivity contribution < 1.29 is 23.4 Å². The minimum absolute atomic E-state index is 0.0124. The fraction of sp³-hybridized carbons (Fsp3) is 0.133. The van der Waals surface area contributed by atoms with Crippen molar-refractivity contribution in [3.8, 4) is 11.5 Å². The van der Waals surface area contributed by atoms with Gasteiger partial charge in [0.1, 0.15) is 11.5 Å².